The van der Waals surface area contributed by atoms with Crippen molar-refractivity contribution in [2.45, 2.75) is 31.0 Å². The maximum absolute atomic E-state index is 14.2. The summed E-state index contributed by atoms with van der Waals surface area (Å²) >= 11 is 0. The number of alkyl halides is 9. The molecule has 0 radical (unpaired) electrons. The van der Waals surface area contributed by atoms with Crippen molar-refractivity contribution in [1.29, 1.82) is 0 Å². The van der Waals surface area contributed by atoms with Crippen LogP contribution in [0.1, 0.15) is 16.8 Å². The first-order valence-corrected chi connectivity index (χ1v) is 9.06. The van der Waals surface area contributed by atoms with Crippen LogP contribution in [0.3, 0.4) is 0 Å². The Morgan fingerprint density at radius 1 is 0.818 bits per heavy atom. The molecule has 33 heavy (non-hydrogen) atoms. The zero-order valence-electron chi connectivity index (χ0n) is 16.5. The largest absolute Gasteiger partial charge is 0.425 e. The number of aromatic amines is 1. The number of rotatable bonds is 4. The third-order valence-corrected chi connectivity index (χ3v) is 4.83. The number of hydrogen-bond acceptors (Lipinski definition) is 2. The lowest BCUT2D eigenvalue weighted by atomic mass is 9.87. The lowest BCUT2D eigenvalue weighted by Gasteiger charge is -2.38. The van der Waals surface area contributed by atoms with Gasteiger partial charge in [-0.1, -0.05) is 24.3 Å². The zero-order valence-corrected chi connectivity index (χ0v) is 16.5. The molecule has 0 fully saturated rings. The van der Waals surface area contributed by atoms with Gasteiger partial charge in [-0.05, 0) is 37.3 Å². The Kier molecular flexibility index (Phi) is 5.80. The van der Waals surface area contributed by atoms with Crippen LogP contribution in [-0.2, 0) is 11.7 Å². The molecule has 13 heteroatoms. The molecule has 0 unspecified atom stereocenters. The summed E-state index contributed by atoms with van der Waals surface area (Å²) in [5.41, 5.74) is -11.9. The van der Waals surface area contributed by atoms with E-state index in [0.29, 0.717) is 22.9 Å². The Morgan fingerprint density at radius 3 is 1.91 bits per heavy atom. The molecule has 2 aromatic carbocycles. The molecule has 2 N–H and O–H groups in total. The van der Waals surface area contributed by atoms with Gasteiger partial charge in [-0.2, -0.15) is 39.5 Å². The Labute approximate surface area is 179 Å². The van der Waals surface area contributed by atoms with E-state index in [0.717, 1.165) is 12.2 Å². The van der Waals surface area contributed by atoms with E-state index in [1.165, 1.54) is 30.3 Å². The van der Waals surface area contributed by atoms with Gasteiger partial charge in [0.05, 0.1) is 16.8 Å². The second kappa shape index (κ2) is 7.89. The van der Waals surface area contributed by atoms with Crippen molar-refractivity contribution < 1.29 is 39.5 Å². The van der Waals surface area contributed by atoms with E-state index in [2.05, 4.69) is 5.10 Å². The zero-order chi connectivity index (χ0) is 24.8. The van der Waals surface area contributed by atoms with Crippen LogP contribution in [0.2, 0.25) is 0 Å². The fourth-order valence-electron chi connectivity index (χ4n) is 3.39. The van der Waals surface area contributed by atoms with Gasteiger partial charge in [0.15, 0.2) is 0 Å². The number of hydrogen-bond donors (Lipinski definition) is 2. The second-order valence-corrected chi connectivity index (χ2v) is 7.04. The van der Waals surface area contributed by atoms with Crippen LogP contribution in [0.5, 0.6) is 0 Å². The van der Waals surface area contributed by atoms with Crippen LogP contribution in [0.15, 0.2) is 59.4 Å². The van der Waals surface area contributed by atoms with Crippen molar-refractivity contribution in [1.82, 2.24) is 9.78 Å². The van der Waals surface area contributed by atoms with Crippen molar-refractivity contribution in [3.05, 3.63) is 81.8 Å². The van der Waals surface area contributed by atoms with Gasteiger partial charge in [0.1, 0.15) is 0 Å². The van der Waals surface area contributed by atoms with E-state index < -0.39 is 52.1 Å². The first-order valence-electron chi connectivity index (χ1n) is 9.06. The number of H-pyrrole nitrogens is 1. The molecule has 0 aliphatic carbocycles. The van der Waals surface area contributed by atoms with Gasteiger partial charge in [0.2, 0.25) is 0 Å². The molecule has 0 atom stereocenters. The topological polar surface area (TPSA) is 49.8 Å². The van der Waals surface area contributed by atoms with Crippen molar-refractivity contribution in [2.75, 3.05) is 5.32 Å². The van der Waals surface area contributed by atoms with Gasteiger partial charge in [-0.3, -0.25) is 9.89 Å². The van der Waals surface area contributed by atoms with Crippen LogP contribution >= 0.6 is 0 Å². The molecule has 1 aromatic heterocycles. The minimum Gasteiger partial charge on any atom is -0.360 e. The minimum absolute atomic E-state index is 0.0471. The van der Waals surface area contributed by atoms with E-state index in [4.69, 9.17) is 0 Å². The maximum Gasteiger partial charge on any atom is 0.425 e. The van der Waals surface area contributed by atoms with Gasteiger partial charge >= 0.3 is 18.5 Å². The van der Waals surface area contributed by atoms with Crippen LogP contribution in [-0.4, -0.2) is 22.1 Å². The van der Waals surface area contributed by atoms with E-state index in [1.54, 1.807) is 0 Å². The van der Waals surface area contributed by atoms with Crippen molar-refractivity contribution in [2.24, 2.45) is 0 Å². The molecule has 0 bridgehead atoms. The fourth-order valence-corrected chi connectivity index (χ4v) is 3.39. The maximum atomic E-state index is 14.2. The number of anilines is 1. The van der Waals surface area contributed by atoms with Crippen molar-refractivity contribution >= 4 is 5.69 Å². The highest BCUT2D eigenvalue weighted by Crippen LogP contribution is 2.52. The minimum atomic E-state index is -6.18. The lowest BCUT2D eigenvalue weighted by Crippen LogP contribution is -2.61. The highest BCUT2D eigenvalue weighted by Gasteiger charge is 2.74. The Balaban J connectivity index is 2.32. The van der Waals surface area contributed by atoms with Crippen molar-refractivity contribution in [3.63, 3.8) is 0 Å². The highest BCUT2D eigenvalue weighted by molar-refractivity contribution is 5.53. The summed E-state index contributed by atoms with van der Waals surface area (Å²) < 4.78 is 125. The van der Waals surface area contributed by atoms with Gasteiger partial charge in [-0.15, -0.1) is 0 Å². The molecule has 0 aliphatic heterocycles. The molecule has 0 saturated heterocycles. The fraction of sp³-hybridized carbons (Fsp3) is 0.250. The molecule has 178 valence electrons. The predicted molar refractivity (Wildman–Crippen MR) is 100.0 cm³/mol. The molecule has 3 rings (SSSR count). The second-order valence-electron chi connectivity index (χ2n) is 7.04. The first kappa shape index (κ1) is 24.3. The summed E-state index contributed by atoms with van der Waals surface area (Å²) in [5.74, 6) is 0. The highest BCUT2D eigenvalue weighted by atomic mass is 19.4. The molecule has 3 aromatic rings. The third kappa shape index (κ3) is 4.18. The first-order chi connectivity index (χ1) is 15.1. The quantitative estimate of drug-likeness (QED) is 0.453. The molecular formula is C20H14F9N3O. The number of aryl methyl sites for hydroxylation is 1. The Bertz CT molecular complexity index is 1170. The number of benzene rings is 2. The summed E-state index contributed by atoms with van der Waals surface area (Å²) in [6.07, 6.45) is -17.4. The van der Waals surface area contributed by atoms with E-state index in [1.807, 2.05) is 0 Å². The summed E-state index contributed by atoms with van der Waals surface area (Å²) in [5, 5.41) is 3.35. The predicted octanol–water partition coefficient (Wildman–Crippen LogP) is 5.92. The van der Waals surface area contributed by atoms with Gasteiger partial charge in [0.25, 0.3) is 11.1 Å². The molecule has 4 nitrogen and oxygen atoms in total. The van der Waals surface area contributed by atoms with Gasteiger partial charge < -0.3 is 5.32 Å². The van der Waals surface area contributed by atoms with E-state index in [9.17, 15) is 44.3 Å². The normalized spacial score (nSPS) is 13.3. The van der Waals surface area contributed by atoms with Crippen LogP contribution in [0.25, 0.3) is 5.69 Å². The third-order valence-electron chi connectivity index (χ3n) is 4.83. The summed E-state index contributed by atoms with van der Waals surface area (Å²) in [4.78, 5) is 12.9. The number of para-hydroxylation sites is 1. The number of nitrogens with zero attached hydrogens (tertiary/aromatic N) is 1. The molecule has 1 heterocycles. The van der Waals surface area contributed by atoms with Crippen LogP contribution < -0.4 is 10.9 Å². The molecular weight excluding hydrogens is 469 g/mol. The number of halogens is 9. The molecule has 0 spiro atoms. The summed E-state index contributed by atoms with van der Waals surface area (Å²) in [6.45, 7) is 0.830. The average Bonchev–Trinajstić information content (AvgIpc) is 2.99. The van der Waals surface area contributed by atoms with Crippen LogP contribution in [0.4, 0.5) is 45.2 Å². The molecule has 0 saturated carbocycles. The monoisotopic (exact) mass is 483 g/mol. The number of aromatic nitrogens is 2. The van der Waals surface area contributed by atoms with Crippen LogP contribution in [0, 0.1) is 6.92 Å². The standard InChI is InChI=1S/C20H14F9N3O/c1-11-15(16(33)32(31-11)14-8-3-2-4-9-14)17(19(24,25)26,20(27,28)29)30-13-7-5-6-12(10-13)18(21,22)23/h2-10,30-31H,1H3. The smallest absolute Gasteiger partial charge is 0.360 e. The Hall–Kier alpha value is -3.38. The van der Waals surface area contributed by atoms with E-state index >= 15 is 0 Å². The SMILES string of the molecule is Cc1[nH]n(-c2ccccc2)c(=O)c1C(Nc1cccc(C(F)(F)F)c1)(C(F)(F)F)C(F)(F)F. The lowest BCUT2D eigenvalue weighted by molar-refractivity contribution is -0.293. The summed E-state index contributed by atoms with van der Waals surface area (Å²) in [7, 11) is 0. The van der Waals surface area contributed by atoms with Gasteiger partial charge in [-0.25, -0.2) is 4.68 Å². The van der Waals surface area contributed by atoms with E-state index in [-0.39, 0.29) is 11.8 Å². The summed E-state index contributed by atoms with van der Waals surface area (Å²) in [6, 6.07) is 8.69. The molecule has 0 aliphatic rings. The molecule has 0 amide bonds. The Morgan fingerprint density at radius 2 is 1.39 bits per heavy atom. The number of nitrogens with one attached hydrogen (secondary N) is 2. The van der Waals surface area contributed by atoms with Gasteiger partial charge in [0, 0.05) is 11.4 Å². The average molecular weight is 483 g/mol. The van der Waals surface area contributed by atoms with Crippen molar-refractivity contribution in [3.8, 4) is 5.69 Å².